The zero-order chi connectivity index (χ0) is 18.7. The first-order valence-electron chi connectivity index (χ1n) is 7.18. The average molecular weight is 364 g/mol. The molecule has 0 saturated heterocycles. The van der Waals surface area contributed by atoms with E-state index in [0.717, 1.165) is 0 Å². The Morgan fingerprint density at radius 1 is 1.17 bits per heavy atom. The van der Waals surface area contributed by atoms with E-state index < -0.39 is 55.0 Å². The molecule has 3 unspecified atom stereocenters. The van der Waals surface area contributed by atoms with Gasteiger partial charge in [-0.2, -0.15) is 11.8 Å². The number of nitrogens with one attached hydrogen (secondary N) is 3. The highest BCUT2D eigenvalue weighted by molar-refractivity contribution is 7.98. The zero-order valence-electron chi connectivity index (χ0n) is 13.6. The molecule has 0 fully saturated rings. The summed E-state index contributed by atoms with van der Waals surface area (Å²) in [5.74, 6) is -2.56. The molecule has 0 bridgehead atoms. The molecule has 0 aliphatic heterocycles. The number of nitrogens with two attached hydrogens (primary N) is 1. The molecule has 0 aliphatic carbocycles. The van der Waals surface area contributed by atoms with Crippen molar-refractivity contribution in [3.8, 4) is 0 Å². The maximum absolute atomic E-state index is 12.1. The summed E-state index contributed by atoms with van der Waals surface area (Å²) in [6.07, 6.45) is 2.14. The largest absolute Gasteiger partial charge is 0.480 e. The number of thioether (sulfide) groups is 1. The van der Waals surface area contributed by atoms with Gasteiger partial charge in [0.25, 0.3) is 0 Å². The van der Waals surface area contributed by atoms with Crippen LogP contribution < -0.4 is 21.7 Å². The van der Waals surface area contributed by atoms with E-state index in [-0.39, 0.29) is 0 Å². The summed E-state index contributed by atoms with van der Waals surface area (Å²) in [6, 6.07) is -3.13. The van der Waals surface area contributed by atoms with Crippen LogP contribution in [-0.4, -0.2) is 77.2 Å². The van der Waals surface area contributed by atoms with Crippen LogP contribution in [-0.2, 0) is 19.2 Å². The molecule has 0 aromatic carbocycles. The van der Waals surface area contributed by atoms with E-state index in [0.29, 0.717) is 12.2 Å². The third-order valence-corrected chi connectivity index (χ3v) is 3.59. The highest BCUT2D eigenvalue weighted by Gasteiger charge is 2.23. The Hall–Kier alpha value is -1.85. The van der Waals surface area contributed by atoms with E-state index in [1.807, 2.05) is 6.26 Å². The maximum Gasteiger partial charge on any atom is 0.325 e. The number of hydrogen-bond donors (Lipinski definition) is 6. The fourth-order valence-electron chi connectivity index (χ4n) is 1.51. The second kappa shape index (κ2) is 11.6. The van der Waals surface area contributed by atoms with Gasteiger partial charge in [0, 0.05) is 0 Å². The molecule has 0 heterocycles. The van der Waals surface area contributed by atoms with Gasteiger partial charge in [-0.3, -0.25) is 19.2 Å². The van der Waals surface area contributed by atoms with Crippen molar-refractivity contribution in [2.75, 3.05) is 25.2 Å². The summed E-state index contributed by atoms with van der Waals surface area (Å²) in [6.45, 7) is 0.312. The van der Waals surface area contributed by atoms with Crippen LogP contribution in [0.1, 0.15) is 13.3 Å². The lowest BCUT2D eigenvalue weighted by Crippen LogP contribution is -2.54. The van der Waals surface area contributed by atoms with Crippen LogP contribution in [0.2, 0.25) is 0 Å². The molecule has 3 atom stereocenters. The van der Waals surface area contributed by atoms with Crippen molar-refractivity contribution < 1.29 is 29.4 Å². The standard InChI is InChI=1S/C13H24N4O6S/c1-7(13(22)23)16-10(19)5-15-12(21)9(3-4-24-2)17-11(20)8(14)6-18/h7-9,18H,3-6,14H2,1-2H3,(H,15,21)(H,16,19)(H,17,20)(H,22,23). The fourth-order valence-corrected chi connectivity index (χ4v) is 1.98. The third-order valence-electron chi connectivity index (χ3n) is 2.95. The second-order valence-electron chi connectivity index (χ2n) is 4.98. The Bertz CT molecular complexity index is 462. The van der Waals surface area contributed by atoms with Crippen molar-refractivity contribution in [3.63, 3.8) is 0 Å². The van der Waals surface area contributed by atoms with Crippen molar-refractivity contribution in [2.45, 2.75) is 31.5 Å². The molecule has 11 heteroatoms. The number of carbonyl (C=O) groups is 4. The molecule has 138 valence electrons. The smallest absolute Gasteiger partial charge is 0.325 e. The molecular weight excluding hydrogens is 340 g/mol. The van der Waals surface area contributed by atoms with Gasteiger partial charge >= 0.3 is 5.97 Å². The molecular formula is C13H24N4O6S. The number of carboxylic acid groups (broad SMARTS) is 1. The van der Waals surface area contributed by atoms with Crippen LogP contribution in [0.25, 0.3) is 0 Å². The van der Waals surface area contributed by atoms with Gasteiger partial charge in [0.1, 0.15) is 18.1 Å². The monoisotopic (exact) mass is 364 g/mol. The summed E-state index contributed by atoms with van der Waals surface area (Å²) >= 11 is 1.47. The average Bonchev–Trinajstić information content (AvgIpc) is 2.54. The highest BCUT2D eigenvalue weighted by atomic mass is 32.2. The molecule has 0 aromatic rings. The van der Waals surface area contributed by atoms with Gasteiger partial charge < -0.3 is 31.9 Å². The first kappa shape index (κ1) is 22.1. The van der Waals surface area contributed by atoms with E-state index in [1.165, 1.54) is 18.7 Å². The summed E-state index contributed by atoms with van der Waals surface area (Å²) < 4.78 is 0. The SMILES string of the molecule is CSCCC(NC(=O)C(N)CO)C(=O)NCC(=O)NC(C)C(=O)O. The lowest BCUT2D eigenvalue weighted by molar-refractivity contribution is -0.141. The quantitative estimate of drug-likeness (QED) is 0.229. The van der Waals surface area contributed by atoms with Crippen molar-refractivity contribution in [3.05, 3.63) is 0 Å². The minimum Gasteiger partial charge on any atom is -0.480 e. The minimum absolute atomic E-state index is 0.310. The van der Waals surface area contributed by atoms with E-state index in [2.05, 4.69) is 16.0 Å². The van der Waals surface area contributed by atoms with E-state index in [1.54, 1.807) is 0 Å². The topological polar surface area (TPSA) is 171 Å². The number of aliphatic hydroxyl groups excluding tert-OH is 1. The first-order chi connectivity index (χ1) is 11.2. The third kappa shape index (κ3) is 8.70. The van der Waals surface area contributed by atoms with E-state index in [9.17, 15) is 19.2 Å². The number of carbonyl (C=O) groups excluding carboxylic acids is 3. The molecule has 10 nitrogen and oxygen atoms in total. The molecule has 0 rings (SSSR count). The van der Waals surface area contributed by atoms with Crippen molar-refractivity contribution in [1.82, 2.24) is 16.0 Å². The minimum atomic E-state index is -1.20. The number of hydrogen-bond acceptors (Lipinski definition) is 7. The van der Waals surface area contributed by atoms with Gasteiger partial charge in [-0.25, -0.2) is 0 Å². The molecule has 24 heavy (non-hydrogen) atoms. The van der Waals surface area contributed by atoms with Gasteiger partial charge in [-0.15, -0.1) is 0 Å². The molecule has 3 amide bonds. The molecule has 0 aromatic heterocycles. The maximum atomic E-state index is 12.1. The number of amides is 3. The van der Waals surface area contributed by atoms with Gasteiger partial charge in [-0.1, -0.05) is 0 Å². The van der Waals surface area contributed by atoms with Gasteiger partial charge in [0.05, 0.1) is 13.2 Å². The predicted molar refractivity (Wildman–Crippen MR) is 88.2 cm³/mol. The van der Waals surface area contributed by atoms with Crippen LogP contribution >= 0.6 is 11.8 Å². The van der Waals surface area contributed by atoms with Gasteiger partial charge in [0.15, 0.2) is 0 Å². The first-order valence-corrected chi connectivity index (χ1v) is 8.57. The Labute approximate surface area is 143 Å². The zero-order valence-corrected chi connectivity index (χ0v) is 14.4. The van der Waals surface area contributed by atoms with Crippen LogP contribution in [0.5, 0.6) is 0 Å². The summed E-state index contributed by atoms with van der Waals surface area (Å²) in [5, 5.41) is 24.5. The van der Waals surface area contributed by atoms with Crippen LogP contribution in [0, 0.1) is 0 Å². The Kier molecular flexibility index (Phi) is 10.8. The molecule has 0 saturated carbocycles. The van der Waals surface area contributed by atoms with Crippen LogP contribution in [0.15, 0.2) is 0 Å². The molecule has 0 radical (unpaired) electrons. The molecule has 0 spiro atoms. The number of aliphatic carboxylic acids is 1. The van der Waals surface area contributed by atoms with Crippen molar-refractivity contribution >= 4 is 35.5 Å². The van der Waals surface area contributed by atoms with Crippen molar-refractivity contribution in [1.29, 1.82) is 0 Å². The van der Waals surface area contributed by atoms with Gasteiger partial charge in [0.2, 0.25) is 17.7 Å². The number of carboxylic acids is 1. The normalized spacial score (nSPS) is 14.2. The second-order valence-corrected chi connectivity index (χ2v) is 5.96. The summed E-state index contributed by atoms with van der Waals surface area (Å²) in [7, 11) is 0. The predicted octanol–water partition coefficient (Wildman–Crippen LogP) is -2.75. The lowest BCUT2D eigenvalue weighted by atomic mass is 10.2. The van der Waals surface area contributed by atoms with Crippen molar-refractivity contribution in [2.24, 2.45) is 5.73 Å². The van der Waals surface area contributed by atoms with Gasteiger partial charge in [-0.05, 0) is 25.4 Å². The van der Waals surface area contributed by atoms with Crippen LogP contribution in [0.4, 0.5) is 0 Å². The summed E-state index contributed by atoms with van der Waals surface area (Å²) in [5.41, 5.74) is 5.38. The number of rotatable bonds is 11. The lowest BCUT2D eigenvalue weighted by Gasteiger charge is -2.20. The fraction of sp³-hybridized carbons (Fsp3) is 0.692. The summed E-state index contributed by atoms with van der Waals surface area (Å²) in [4.78, 5) is 45.9. The number of aliphatic hydroxyl groups is 1. The Morgan fingerprint density at radius 2 is 1.79 bits per heavy atom. The van der Waals surface area contributed by atoms with E-state index >= 15 is 0 Å². The molecule has 0 aliphatic rings. The van der Waals surface area contributed by atoms with Crippen LogP contribution in [0.3, 0.4) is 0 Å². The molecule has 7 N–H and O–H groups in total. The Balaban J connectivity index is 4.56. The highest BCUT2D eigenvalue weighted by Crippen LogP contribution is 2.01. The van der Waals surface area contributed by atoms with E-state index in [4.69, 9.17) is 15.9 Å². The Morgan fingerprint density at radius 3 is 2.29 bits per heavy atom.